The quantitative estimate of drug-likeness (QED) is 0.180. The lowest BCUT2D eigenvalue weighted by molar-refractivity contribution is 0.332. The molecule has 10 aromatic rings. The Bertz CT molecular complexity index is 3580. The SMILES string of the molecule is CC(C)(C)c1ccc(Nc2cc3c(cc2-c2c4c5c(c6cc(C(C)(C)C)ccc6n5-c5cc6oc7ccccc7c6cc5B4)c4sc5ccccc5c24)C(C)(C)CCC3(C)C)cc1. The molecule has 3 aromatic heterocycles. The molecule has 0 atom stereocenters. The lowest BCUT2D eigenvalue weighted by atomic mass is 9.58. The van der Waals surface area contributed by atoms with Gasteiger partial charge in [-0.3, -0.25) is 0 Å². The Morgan fingerprint density at radius 3 is 2.03 bits per heavy atom. The van der Waals surface area contributed by atoms with Crippen LogP contribution in [0.3, 0.4) is 0 Å². The van der Waals surface area contributed by atoms with E-state index in [1.54, 1.807) is 0 Å². The van der Waals surface area contributed by atoms with Crippen molar-refractivity contribution in [2.75, 3.05) is 5.32 Å². The molecule has 63 heavy (non-hydrogen) atoms. The lowest BCUT2D eigenvalue weighted by Gasteiger charge is -2.42. The van der Waals surface area contributed by atoms with E-state index in [2.05, 4.69) is 194 Å². The molecule has 2 aliphatic rings. The molecule has 1 aliphatic heterocycles. The summed E-state index contributed by atoms with van der Waals surface area (Å²) in [6.07, 6.45) is 2.32. The van der Waals surface area contributed by atoms with Gasteiger partial charge < -0.3 is 14.3 Å². The van der Waals surface area contributed by atoms with Gasteiger partial charge in [0.15, 0.2) is 7.28 Å². The first-order chi connectivity index (χ1) is 30.0. The largest absolute Gasteiger partial charge is 0.456 e. The summed E-state index contributed by atoms with van der Waals surface area (Å²) < 4.78 is 11.9. The van der Waals surface area contributed by atoms with Crippen molar-refractivity contribution >= 4 is 105 Å². The molecule has 0 fully saturated rings. The maximum absolute atomic E-state index is 6.63. The molecule has 0 radical (unpaired) electrons. The fourth-order valence-electron chi connectivity index (χ4n) is 11.2. The van der Waals surface area contributed by atoms with Crippen molar-refractivity contribution in [1.29, 1.82) is 0 Å². The molecule has 0 bridgehead atoms. The molecule has 12 rings (SSSR count). The van der Waals surface area contributed by atoms with Crippen LogP contribution in [0.25, 0.3) is 80.7 Å². The third-order valence-electron chi connectivity index (χ3n) is 15.0. The van der Waals surface area contributed by atoms with Crippen LogP contribution in [0.15, 0.2) is 120 Å². The highest BCUT2D eigenvalue weighted by Gasteiger charge is 2.39. The predicted octanol–water partition coefficient (Wildman–Crippen LogP) is 15.1. The van der Waals surface area contributed by atoms with Gasteiger partial charge in [0.05, 0.1) is 11.0 Å². The van der Waals surface area contributed by atoms with Crippen molar-refractivity contribution in [2.24, 2.45) is 0 Å². The smallest absolute Gasteiger partial charge is 0.198 e. The first kappa shape index (κ1) is 38.9. The number of thiophene rings is 1. The lowest BCUT2D eigenvalue weighted by Crippen LogP contribution is -2.37. The molecule has 0 saturated heterocycles. The summed E-state index contributed by atoms with van der Waals surface area (Å²) in [4.78, 5) is 0. The third-order valence-corrected chi connectivity index (χ3v) is 16.2. The zero-order valence-corrected chi connectivity index (χ0v) is 39.2. The van der Waals surface area contributed by atoms with Gasteiger partial charge in [-0.05, 0) is 116 Å². The van der Waals surface area contributed by atoms with Crippen LogP contribution in [0.5, 0.6) is 0 Å². The van der Waals surface area contributed by atoms with Crippen LogP contribution in [0.2, 0.25) is 0 Å². The number of furan rings is 1. The Morgan fingerprint density at radius 1 is 0.635 bits per heavy atom. The van der Waals surface area contributed by atoms with Gasteiger partial charge in [-0.2, -0.15) is 0 Å². The normalized spacial score (nSPS) is 15.7. The number of rotatable bonds is 3. The molecule has 1 aliphatic carbocycles. The number of hydrogen-bond acceptors (Lipinski definition) is 3. The third kappa shape index (κ3) is 5.71. The van der Waals surface area contributed by atoms with Gasteiger partial charge in [-0.1, -0.05) is 135 Å². The van der Waals surface area contributed by atoms with E-state index in [4.69, 9.17) is 4.42 Å². The molecule has 5 heteroatoms. The average molecular weight is 839 g/mol. The molecular weight excluding hydrogens is 784 g/mol. The Balaban J connectivity index is 1.26. The fraction of sp³-hybridized carbons (Fsp3) is 0.276. The van der Waals surface area contributed by atoms with E-state index in [9.17, 15) is 0 Å². The molecular formula is C58H55BN2OS. The summed E-state index contributed by atoms with van der Waals surface area (Å²) in [5.41, 5.74) is 19.1. The highest BCUT2D eigenvalue weighted by molar-refractivity contribution is 7.27. The molecule has 4 heterocycles. The minimum atomic E-state index is -0.00143. The molecule has 0 saturated carbocycles. The molecule has 0 spiro atoms. The number of para-hydroxylation sites is 1. The van der Waals surface area contributed by atoms with Crippen LogP contribution < -0.4 is 16.2 Å². The first-order valence-corrected chi connectivity index (χ1v) is 23.7. The van der Waals surface area contributed by atoms with Crippen LogP contribution in [-0.2, 0) is 21.7 Å². The summed E-state index contributed by atoms with van der Waals surface area (Å²) in [6, 6.07) is 44.0. The maximum atomic E-state index is 6.63. The van der Waals surface area contributed by atoms with E-state index in [1.165, 1.54) is 108 Å². The number of anilines is 2. The summed E-state index contributed by atoms with van der Waals surface area (Å²) in [5, 5.41) is 11.8. The van der Waals surface area contributed by atoms with E-state index < -0.39 is 0 Å². The van der Waals surface area contributed by atoms with Gasteiger partial charge in [0, 0.05) is 70.4 Å². The zero-order chi connectivity index (χ0) is 43.5. The van der Waals surface area contributed by atoms with Gasteiger partial charge in [-0.25, -0.2) is 0 Å². The fourth-order valence-corrected chi connectivity index (χ4v) is 12.5. The van der Waals surface area contributed by atoms with E-state index in [0.717, 1.165) is 37.0 Å². The molecule has 3 nitrogen and oxygen atoms in total. The van der Waals surface area contributed by atoms with E-state index in [0.29, 0.717) is 0 Å². The van der Waals surface area contributed by atoms with Crippen LogP contribution in [0.4, 0.5) is 11.4 Å². The van der Waals surface area contributed by atoms with Gasteiger partial charge in [0.25, 0.3) is 0 Å². The number of hydrogen-bond donors (Lipinski definition) is 1. The monoisotopic (exact) mass is 838 g/mol. The van der Waals surface area contributed by atoms with Gasteiger partial charge >= 0.3 is 0 Å². The number of aromatic nitrogens is 1. The van der Waals surface area contributed by atoms with Crippen LogP contribution in [0.1, 0.15) is 104 Å². The Labute approximate surface area is 375 Å². The van der Waals surface area contributed by atoms with Crippen LogP contribution in [0, 0.1) is 0 Å². The van der Waals surface area contributed by atoms with E-state index in [1.807, 2.05) is 11.3 Å². The number of nitrogens with one attached hydrogen (secondary N) is 1. The van der Waals surface area contributed by atoms with Gasteiger partial charge in [0.2, 0.25) is 0 Å². The standard InChI is InChI=1S/C58H55BN2OS/c1-55(2,3)32-19-22-34(23-20-32)60-43-30-41-40(57(7,8)25-26-58(41,9)10)28-38(43)49-50-36-16-12-14-18-48(36)63-54(50)51-39-27-33(56(4,5)6)21-24-44(39)61-45-31-47-37(29-42(45)59-52(49)53(51)61)35-15-11-13-17-46(35)62-47/h11-24,27-31,59-60H,25-26H2,1-10H3. The average Bonchev–Trinajstić information content (AvgIpc) is 3.92. The van der Waals surface area contributed by atoms with Crippen LogP contribution >= 0.6 is 11.3 Å². The van der Waals surface area contributed by atoms with E-state index in [-0.39, 0.29) is 21.7 Å². The maximum Gasteiger partial charge on any atom is 0.198 e. The van der Waals surface area contributed by atoms with Crippen LogP contribution in [-0.4, -0.2) is 11.8 Å². The predicted molar refractivity (Wildman–Crippen MR) is 275 cm³/mol. The van der Waals surface area contributed by atoms with Crippen molar-refractivity contribution in [3.63, 3.8) is 0 Å². The highest BCUT2D eigenvalue weighted by atomic mass is 32.1. The zero-order valence-electron chi connectivity index (χ0n) is 38.4. The number of nitrogens with zero attached hydrogens (tertiary/aromatic N) is 1. The molecule has 7 aromatic carbocycles. The summed E-state index contributed by atoms with van der Waals surface area (Å²) in [6.45, 7) is 23.7. The van der Waals surface area contributed by atoms with Crippen molar-refractivity contribution in [3.05, 3.63) is 138 Å². The Kier molecular flexibility index (Phi) is 7.97. The second kappa shape index (κ2) is 12.9. The molecule has 1 N–H and O–H groups in total. The number of benzene rings is 7. The first-order valence-electron chi connectivity index (χ1n) is 22.9. The van der Waals surface area contributed by atoms with Crippen molar-refractivity contribution in [3.8, 4) is 16.8 Å². The Morgan fingerprint density at radius 2 is 1.30 bits per heavy atom. The minimum Gasteiger partial charge on any atom is -0.456 e. The van der Waals surface area contributed by atoms with Crippen molar-refractivity contribution in [1.82, 2.24) is 4.57 Å². The van der Waals surface area contributed by atoms with Gasteiger partial charge in [0.1, 0.15) is 11.2 Å². The summed E-state index contributed by atoms with van der Waals surface area (Å²) >= 11 is 1.96. The number of fused-ring (bicyclic) bond motifs is 13. The highest BCUT2D eigenvalue weighted by Crippen LogP contribution is 2.53. The summed E-state index contributed by atoms with van der Waals surface area (Å²) in [7, 11) is 0.810. The molecule has 312 valence electrons. The molecule has 0 amide bonds. The summed E-state index contributed by atoms with van der Waals surface area (Å²) in [5.74, 6) is 0. The van der Waals surface area contributed by atoms with E-state index >= 15 is 0 Å². The Hall–Kier alpha value is -5.78. The topological polar surface area (TPSA) is 30.1 Å². The van der Waals surface area contributed by atoms with Crippen molar-refractivity contribution < 1.29 is 4.42 Å². The second-order valence-electron chi connectivity index (χ2n) is 22.1. The minimum absolute atomic E-state index is 0.00143. The second-order valence-corrected chi connectivity index (χ2v) is 23.2. The van der Waals surface area contributed by atoms with Crippen molar-refractivity contribution in [2.45, 2.75) is 104 Å². The molecule has 0 unspecified atom stereocenters. The van der Waals surface area contributed by atoms with Gasteiger partial charge in [-0.15, -0.1) is 11.3 Å².